The summed E-state index contributed by atoms with van der Waals surface area (Å²) in [6.07, 6.45) is 1.09. The zero-order chi connectivity index (χ0) is 13.0. The summed E-state index contributed by atoms with van der Waals surface area (Å²) in [5.41, 5.74) is 0.733. The molecule has 2 rings (SSSR count). The van der Waals surface area contributed by atoms with E-state index in [2.05, 4.69) is 28.2 Å². The molecule has 96 valence electrons. The molecule has 0 fully saturated rings. The van der Waals surface area contributed by atoms with Crippen LogP contribution in [0, 0.1) is 5.82 Å². The SMILES string of the molecule is CCCNCc1ccc(-c2cc(F)ccc2Br)o1. The fraction of sp³-hybridized carbons (Fsp3) is 0.286. The van der Waals surface area contributed by atoms with Crippen LogP contribution in [0.1, 0.15) is 19.1 Å². The van der Waals surface area contributed by atoms with Crippen LogP contribution in [-0.2, 0) is 6.54 Å². The zero-order valence-electron chi connectivity index (χ0n) is 10.2. The van der Waals surface area contributed by atoms with E-state index < -0.39 is 0 Å². The summed E-state index contributed by atoms with van der Waals surface area (Å²) in [6.45, 7) is 3.77. The van der Waals surface area contributed by atoms with Crippen LogP contribution in [0.15, 0.2) is 39.2 Å². The zero-order valence-corrected chi connectivity index (χ0v) is 11.8. The number of furan rings is 1. The second kappa shape index (κ2) is 6.16. The van der Waals surface area contributed by atoms with Gasteiger partial charge >= 0.3 is 0 Å². The second-order valence-electron chi connectivity index (χ2n) is 4.07. The maximum Gasteiger partial charge on any atom is 0.135 e. The molecule has 0 bridgehead atoms. The number of benzene rings is 1. The number of rotatable bonds is 5. The lowest BCUT2D eigenvalue weighted by Gasteiger charge is -2.02. The Morgan fingerprint density at radius 3 is 2.89 bits per heavy atom. The molecule has 1 aromatic heterocycles. The van der Waals surface area contributed by atoms with Gasteiger partial charge in [0.05, 0.1) is 6.54 Å². The molecule has 0 unspecified atom stereocenters. The summed E-state index contributed by atoms with van der Waals surface area (Å²) in [4.78, 5) is 0. The van der Waals surface area contributed by atoms with Crippen molar-refractivity contribution in [1.82, 2.24) is 5.32 Å². The molecular weight excluding hydrogens is 297 g/mol. The Bertz CT molecular complexity index is 524. The van der Waals surface area contributed by atoms with Gasteiger partial charge in [-0.3, -0.25) is 0 Å². The Balaban J connectivity index is 2.16. The van der Waals surface area contributed by atoms with Crippen molar-refractivity contribution in [1.29, 1.82) is 0 Å². The monoisotopic (exact) mass is 311 g/mol. The molecule has 0 aliphatic carbocycles. The summed E-state index contributed by atoms with van der Waals surface area (Å²) in [5.74, 6) is 1.26. The van der Waals surface area contributed by atoms with Gasteiger partial charge in [0.1, 0.15) is 17.3 Å². The van der Waals surface area contributed by atoms with E-state index in [4.69, 9.17) is 4.42 Å². The summed E-state index contributed by atoms with van der Waals surface area (Å²) in [6, 6.07) is 8.34. The van der Waals surface area contributed by atoms with E-state index in [1.165, 1.54) is 12.1 Å². The highest BCUT2D eigenvalue weighted by molar-refractivity contribution is 9.10. The van der Waals surface area contributed by atoms with Gasteiger partial charge in [0.25, 0.3) is 0 Å². The molecule has 1 heterocycles. The molecule has 0 spiro atoms. The van der Waals surface area contributed by atoms with Crippen molar-refractivity contribution in [3.05, 3.63) is 46.4 Å². The molecular formula is C14H15BrFNO. The Hall–Kier alpha value is -1.13. The van der Waals surface area contributed by atoms with Gasteiger partial charge in [-0.05, 0) is 43.3 Å². The minimum atomic E-state index is -0.268. The van der Waals surface area contributed by atoms with E-state index in [1.54, 1.807) is 6.07 Å². The fourth-order valence-electron chi connectivity index (χ4n) is 1.69. The van der Waals surface area contributed by atoms with Gasteiger partial charge in [0.2, 0.25) is 0 Å². The molecule has 0 saturated heterocycles. The standard InChI is InChI=1S/C14H15BrFNO/c1-2-7-17-9-11-4-6-14(18-11)12-8-10(16)3-5-13(12)15/h3-6,8,17H,2,7,9H2,1H3. The lowest BCUT2D eigenvalue weighted by atomic mass is 10.2. The van der Waals surface area contributed by atoms with Crippen molar-refractivity contribution in [3.8, 4) is 11.3 Å². The minimum absolute atomic E-state index is 0.268. The first kappa shape index (κ1) is 13.3. The quantitative estimate of drug-likeness (QED) is 0.831. The molecule has 1 aromatic carbocycles. The number of halogens is 2. The average molecular weight is 312 g/mol. The second-order valence-corrected chi connectivity index (χ2v) is 4.92. The molecule has 0 atom stereocenters. The number of nitrogens with one attached hydrogen (secondary N) is 1. The maximum absolute atomic E-state index is 13.2. The van der Waals surface area contributed by atoms with Crippen molar-refractivity contribution in [2.24, 2.45) is 0 Å². The van der Waals surface area contributed by atoms with Crippen LogP contribution in [0.25, 0.3) is 11.3 Å². The first-order chi connectivity index (χ1) is 8.70. The van der Waals surface area contributed by atoms with Crippen LogP contribution in [0.3, 0.4) is 0 Å². The predicted octanol–water partition coefficient (Wildman–Crippen LogP) is 4.35. The molecule has 0 saturated carbocycles. The van der Waals surface area contributed by atoms with Gasteiger partial charge in [-0.1, -0.05) is 22.9 Å². The number of hydrogen-bond acceptors (Lipinski definition) is 2. The molecule has 0 aliphatic rings. The van der Waals surface area contributed by atoms with Crippen molar-refractivity contribution in [2.75, 3.05) is 6.54 Å². The van der Waals surface area contributed by atoms with Crippen molar-refractivity contribution < 1.29 is 8.81 Å². The molecule has 2 nitrogen and oxygen atoms in total. The molecule has 0 amide bonds. The lowest BCUT2D eigenvalue weighted by molar-refractivity contribution is 0.493. The topological polar surface area (TPSA) is 25.2 Å². The summed E-state index contributed by atoms with van der Waals surface area (Å²) in [7, 11) is 0. The Morgan fingerprint density at radius 1 is 1.28 bits per heavy atom. The van der Waals surface area contributed by atoms with Crippen molar-refractivity contribution >= 4 is 15.9 Å². The maximum atomic E-state index is 13.2. The lowest BCUT2D eigenvalue weighted by Crippen LogP contribution is -2.12. The van der Waals surface area contributed by atoms with Gasteiger partial charge in [-0.15, -0.1) is 0 Å². The third-order valence-corrected chi connectivity index (χ3v) is 3.27. The van der Waals surface area contributed by atoms with E-state index in [1.807, 2.05) is 12.1 Å². The smallest absolute Gasteiger partial charge is 0.135 e. The van der Waals surface area contributed by atoms with E-state index in [0.29, 0.717) is 12.3 Å². The third-order valence-electron chi connectivity index (χ3n) is 2.58. The summed E-state index contributed by atoms with van der Waals surface area (Å²) >= 11 is 3.40. The van der Waals surface area contributed by atoms with Gasteiger partial charge < -0.3 is 9.73 Å². The Morgan fingerprint density at radius 2 is 2.11 bits per heavy atom. The van der Waals surface area contributed by atoms with Crippen LogP contribution in [0.4, 0.5) is 4.39 Å². The first-order valence-electron chi connectivity index (χ1n) is 5.95. The van der Waals surface area contributed by atoms with Crippen LogP contribution >= 0.6 is 15.9 Å². The highest BCUT2D eigenvalue weighted by Crippen LogP contribution is 2.30. The molecule has 1 N–H and O–H groups in total. The van der Waals surface area contributed by atoms with Crippen molar-refractivity contribution in [2.45, 2.75) is 19.9 Å². The molecule has 0 radical (unpaired) electrons. The highest BCUT2D eigenvalue weighted by atomic mass is 79.9. The van der Waals surface area contributed by atoms with Gasteiger partial charge in [0.15, 0.2) is 0 Å². The largest absolute Gasteiger partial charge is 0.460 e. The predicted molar refractivity (Wildman–Crippen MR) is 73.8 cm³/mol. The average Bonchev–Trinajstić information content (AvgIpc) is 2.81. The third kappa shape index (κ3) is 3.21. The van der Waals surface area contributed by atoms with Crippen LogP contribution in [0.5, 0.6) is 0 Å². The first-order valence-corrected chi connectivity index (χ1v) is 6.75. The molecule has 4 heteroatoms. The Kier molecular flexibility index (Phi) is 4.55. The molecule has 0 aliphatic heterocycles. The van der Waals surface area contributed by atoms with Crippen LogP contribution in [-0.4, -0.2) is 6.54 Å². The van der Waals surface area contributed by atoms with E-state index in [0.717, 1.165) is 28.8 Å². The fourth-order valence-corrected chi connectivity index (χ4v) is 2.13. The summed E-state index contributed by atoms with van der Waals surface area (Å²) in [5, 5.41) is 3.26. The minimum Gasteiger partial charge on any atom is -0.460 e. The number of hydrogen-bond donors (Lipinski definition) is 1. The van der Waals surface area contributed by atoms with Crippen molar-refractivity contribution in [3.63, 3.8) is 0 Å². The van der Waals surface area contributed by atoms with Crippen LogP contribution < -0.4 is 5.32 Å². The van der Waals surface area contributed by atoms with Gasteiger partial charge in [-0.25, -0.2) is 4.39 Å². The van der Waals surface area contributed by atoms with E-state index in [9.17, 15) is 4.39 Å². The molecule has 18 heavy (non-hydrogen) atoms. The van der Waals surface area contributed by atoms with E-state index >= 15 is 0 Å². The summed E-state index contributed by atoms with van der Waals surface area (Å²) < 4.78 is 19.7. The van der Waals surface area contributed by atoms with Gasteiger partial charge in [0, 0.05) is 10.0 Å². The molecule has 2 aromatic rings. The van der Waals surface area contributed by atoms with Crippen LogP contribution in [0.2, 0.25) is 0 Å². The highest BCUT2D eigenvalue weighted by Gasteiger charge is 2.09. The van der Waals surface area contributed by atoms with Gasteiger partial charge in [-0.2, -0.15) is 0 Å². The normalized spacial score (nSPS) is 10.8. The Labute approximate surface area is 114 Å². The van der Waals surface area contributed by atoms with E-state index in [-0.39, 0.29) is 5.82 Å².